The fourth-order valence-electron chi connectivity index (χ4n) is 4.11. The minimum absolute atomic E-state index is 0.0653. The molecule has 3 amide bonds. The second-order valence-electron chi connectivity index (χ2n) is 7.84. The zero-order valence-corrected chi connectivity index (χ0v) is 16.0. The van der Waals surface area contributed by atoms with Crippen LogP contribution in [0.2, 0.25) is 0 Å². The summed E-state index contributed by atoms with van der Waals surface area (Å²) < 4.78 is 7.34. The molecule has 27 heavy (non-hydrogen) atoms. The van der Waals surface area contributed by atoms with Crippen molar-refractivity contribution in [3.8, 4) is 0 Å². The summed E-state index contributed by atoms with van der Waals surface area (Å²) in [5.74, 6) is 0.528. The van der Waals surface area contributed by atoms with E-state index in [2.05, 4.69) is 10.4 Å². The van der Waals surface area contributed by atoms with Gasteiger partial charge in [0.25, 0.3) is 0 Å². The van der Waals surface area contributed by atoms with Gasteiger partial charge in [-0.05, 0) is 31.7 Å². The van der Waals surface area contributed by atoms with E-state index in [1.54, 1.807) is 7.11 Å². The van der Waals surface area contributed by atoms with Crippen molar-refractivity contribution in [3.63, 3.8) is 0 Å². The molecular weight excluding hydrogens is 346 g/mol. The number of piperidine rings is 1. The second kappa shape index (κ2) is 7.88. The molecule has 0 bridgehead atoms. The van der Waals surface area contributed by atoms with E-state index in [1.165, 1.54) is 6.42 Å². The number of hydrogen-bond acceptors (Lipinski definition) is 4. The minimum Gasteiger partial charge on any atom is -0.380 e. The predicted octanol–water partition coefficient (Wildman–Crippen LogP) is 1.35. The monoisotopic (exact) mass is 375 g/mol. The van der Waals surface area contributed by atoms with Gasteiger partial charge in [0.2, 0.25) is 5.91 Å². The molecule has 3 heterocycles. The molecule has 2 fully saturated rings. The lowest BCUT2D eigenvalue weighted by Gasteiger charge is -2.34. The third kappa shape index (κ3) is 3.95. The van der Waals surface area contributed by atoms with Gasteiger partial charge in [-0.25, -0.2) is 4.79 Å². The topological polar surface area (TPSA) is 79.7 Å². The van der Waals surface area contributed by atoms with Crippen molar-refractivity contribution < 1.29 is 14.3 Å². The number of aromatic nitrogens is 2. The van der Waals surface area contributed by atoms with E-state index in [4.69, 9.17) is 4.74 Å². The molecule has 148 valence electrons. The first-order chi connectivity index (χ1) is 13.1. The molecule has 1 aliphatic carbocycles. The number of ether oxygens (including phenoxy) is 1. The zero-order valence-electron chi connectivity index (χ0n) is 16.0. The first-order valence-corrected chi connectivity index (χ1v) is 10.0. The van der Waals surface area contributed by atoms with Gasteiger partial charge in [-0.3, -0.25) is 9.48 Å². The van der Waals surface area contributed by atoms with Crippen molar-refractivity contribution in [2.24, 2.45) is 5.92 Å². The molecule has 0 radical (unpaired) electrons. The Bertz CT molecular complexity index is 700. The molecule has 1 aromatic rings. The van der Waals surface area contributed by atoms with Crippen LogP contribution in [0.5, 0.6) is 0 Å². The first-order valence-electron chi connectivity index (χ1n) is 10.0. The van der Waals surface area contributed by atoms with Crippen LogP contribution in [0.1, 0.15) is 43.5 Å². The molecule has 1 saturated heterocycles. The minimum atomic E-state index is -0.0653. The summed E-state index contributed by atoms with van der Waals surface area (Å²) in [5.41, 5.74) is 1.90. The van der Waals surface area contributed by atoms with Gasteiger partial charge in [0, 0.05) is 32.7 Å². The van der Waals surface area contributed by atoms with Crippen molar-refractivity contribution in [3.05, 3.63) is 17.5 Å². The molecule has 1 atom stereocenters. The maximum Gasteiger partial charge on any atom is 0.317 e. The molecule has 1 N–H and O–H groups in total. The van der Waals surface area contributed by atoms with Crippen LogP contribution in [-0.4, -0.2) is 64.4 Å². The number of urea groups is 1. The lowest BCUT2D eigenvalue weighted by molar-refractivity contribution is -0.139. The fourth-order valence-corrected chi connectivity index (χ4v) is 4.11. The number of likely N-dealkylation sites (tertiary alicyclic amines) is 1. The summed E-state index contributed by atoms with van der Waals surface area (Å²) in [7, 11) is 1.70. The number of nitrogens with one attached hydrogen (secondary N) is 1. The summed E-state index contributed by atoms with van der Waals surface area (Å²) in [6, 6.07) is 1.94. The second-order valence-corrected chi connectivity index (χ2v) is 7.84. The summed E-state index contributed by atoms with van der Waals surface area (Å²) in [6.07, 6.45) is 5.34. The lowest BCUT2D eigenvalue weighted by atomic mass is 9.84. The molecule has 4 rings (SSSR count). The average molecular weight is 375 g/mol. The van der Waals surface area contributed by atoms with Gasteiger partial charge in [-0.1, -0.05) is 6.42 Å². The quantitative estimate of drug-likeness (QED) is 0.861. The zero-order chi connectivity index (χ0) is 18.8. The van der Waals surface area contributed by atoms with Gasteiger partial charge in [0.1, 0.15) is 0 Å². The Kier molecular flexibility index (Phi) is 5.33. The Balaban J connectivity index is 1.30. The number of nitrogens with zero attached hydrogens (tertiary/aromatic N) is 4. The van der Waals surface area contributed by atoms with Crippen molar-refractivity contribution in [2.45, 2.75) is 57.8 Å². The van der Waals surface area contributed by atoms with Crippen LogP contribution < -0.4 is 5.32 Å². The highest BCUT2D eigenvalue weighted by atomic mass is 16.5. The Morgan fingerprint density at radius 2 is 2.04 bits per heavy atom. The Labute approximate surface area is 159 Å². The van der Waals surface area contributed by atoms with Gasteiger partial charge in [-0.2, -0.15) is 5.10 Å². The molecule has 1 aromatic heterocycles. The van der Waals surface area contributed by atoms with Crippen LogP contribution in [0.4, 0.5) is 4.79 Å². The van der Waals surface area contributed by atoms with E-state index >= 15 is 0 Å². The van der Waals surface area contributed by atoms with Crippen LogP contribution in [0.3, 0.4) is 0 Å². The van der Waals surface area contributed by atoms with E-state index in [-0.39, 0.29) is 18.1 Å². The van der Waals surface area contributed by atoms with Crippen LogP contribution in [0.15, 0.2) is 6.07 Å². The normalized spacial score (nSPS) is 22.9. The molecule has 2 aliphatic heterocycles. The summed E-state index contributed by atoms with van der Waals surface area (Å²) in [6.45, 7) is 3.89. The predicted molar refractivity (Wildman–Crippen MR) is 98.8 cm³/mol. The number of amides is 3. The van der Waals surface area contributed by atoms with Crippen molar-refractivity contribution in [1.82, 2.24) is 24.9 Å². The van der Waals surface area contributed by atoms with E-state index < -0.39 is 0 Å². The van der Waals surface area contributed by atoms with E-state index in [9.17, 15) is 9.59 Å². The highest BCUT2D eigenvalue weighted by molar-refractivity contribution is 5.79. The van der Waals surface area contributed by atoms with Gasteiger partial charge >= 0.3 is 6.03 Å². The Hall–Kier alpha value is -2.09. The fraction of sp³-hybridized carbons (Fsp3) is 0.737. The number of carbonyl (C=O) groups excluding carboxylic acids is 2. The summed E-state index contributed by atoms with van der Waals surface area (Å²) >= 11 is 0. The van der Waals surface area contributed by atoms with E-state index in [0.29, 0.717) is 25.5 Å². The maximum absolute atomic E-state index is 12.5. The average Bonchev–Trinajstić information content (AvgIpc) is 3.06. The lowest BCUT2D eigenvalue weighted by Crippen LogP contribution is -2.47. The molecule has 3 aliphatic rings. The van der Waals surface area contributed by atoms with Crippen LogP contribution in [0.25, 0.3) is 0 Å². The van der Waals surface area contributed by atoms with Crippen molar-refractivity contribution in [1.29, 1.82) is 0 Å². The van der Waals surface area contributed by atoms with Crippen LogP contribution in [-0.2, 0) is 29.2 Å². The largest absolute Gasteiger partial charge is 0.380 e. The number of fused-ring (bicyclic) bond motifs is 1. The van der Waals surface area contributed by atoms with Gasteiger partial charge in [0.05, 0.1) is 37.1 Å². The third-order valence-electron chi connectivity index (χ3n) is 6.03. The van der Waals surface area contributed by atoms with Crippen molar-refractivity contribution >= 4 is 11.9 Å². The van der Waals surface area contributed by atoms with Gasteiger partial charge in [0.15, 0.2) is 0 Å². The summed E-state index contributed by atoms with van der Waals surface area (Å²) in [5, 5.41) is 7.56. The van der Waals surface area contributed by atoms with E-state index in [1.807, 2.05) is 20.5 Å². The molecule has 0 spiro atoms. The molecule has 0 unspecified atom stereocenters. The molecule has 1 saturated carbocycles. The standard InChI is InChI=1S/C19H29N5O3/c1-27-17-6-3-7-23(13-17)19(26)20-11-15-10-16-12-22(8-9-24(16)21-15)18(25)14-4-2-5-14/h10,14,17H,2-9,11-13H2,1H3,(H,20,26)/t17-/m0/s1. The first kappa shape index (κ1) is 18.3. The van der Waals surface area contributed by atoms with E-state index in [0.717, 1.165) is 56.7 Å². The number of methoxy groups -OCH3 is 1. The Morgan fingerprint density at radius 3 is 2.78 bits per heavy atom. The number of hydrogen-bond donors (Lipinski definition) is 1. The number of rotatable bonds is 4. The SMILES string of the molecule is CO[C@H]1CCCN(C(=O)NCc2cc3n(n2)CCN(C(=O)C2CCC2)C3)C1. The molecule has 8 nitrogen and oxygen atoms in total. The van der Waals surface area contributed by atoms with Crippen molar-refractivity contribution in [2.75, 3.05) is 26.7 Å². The maximum atomic E-state index is 12.5. The van der Waals surface area contributed by atoms with Gasteiger partial charge in [-0.15, -0.1) is 0 Å². The Morgan fingerprint density at radius 1 is 1.19 bits per heavy atom. The summed E-state index contributed by atoms with van der Waals surface area (Å²) in [4.78, 5) is 28.6. The molecular formula is C19H29N5O3. The smallest absolute Gasteiger partial charge is 0.317 e. The van der Waals surface area contributed by atoms with Crippen LogP contribution >= 0.6 is 0 Å². The van der Waals surface area contributed by atoms with Gasteiger partial charge < -0.3 is 19.9 Å². The number of carbonyl (C=O) groups is 2. The third-order valence-corrected chi connectivity index (χ3v) is 6.03. The highest BCUT2D eigenvalue weighted by Crippen LogP contribution is 2.29. The molecule has 8 heteroatoms. The molecule has 0 aromatic carbocycles. The van der Waals surface area contributed by atoms with Crippen LogP contribution in [0, 0.1) is 5.92 Å². The highest BCUT2D eigenvalue weighted by Gasteiger charge is 2.31.